The minimum absolute atomic E-state index is 0.0637. The Labute approximate surface area is 251 Å². The van der Waals surface area contributed by atoms with Crippen LogP contribution < -0.4 is 15.0 Å². The third kappa shape index (κ3) is 5.55. The van der Waals surface area contributed by atoms with Crippen LogP contribution in [0.2, 0.25) is 0 Å². The van der Waals surface area contributed by atoms with Gasteiger partial charge in [-0.05, 0) is 62.1 Å². The fraction of sp³-hybridized carbons (Fsp3) is 0.562. The summed E-state index contributed by atoms with van der Waals surface area (Å²) in [7, 11) is 0. The molecule has 2 saturated heterocycles. The highest BCUT2D eigenvalue weighted by atomic mass is 19.1. The van der Waals surface area contributed by atoms with E-state index in [-0.39, 0.29) is 17.1 Å². The summed E-state index contributed by atoms with van der Waals surface area (Å²) < 4.78 is 20.9. The van der Waals surface area contributed by atoms with Crippen molar-refractivity contribution in [3.05, 3.63) is 48.6 Å². The number of anilines is 1. The SMILES string of the molecule is CC(=O)NC1CC([C@H](C(C)C)N2CC3(CCN(c4ncnnc4Oc4ccc(F)cc4-c4cncnc4C4CC4)C3)C2)C1. The Hall–Kier alpha value is -3.73. The standard InChI is InChI=1S/C32H39FN8O2/c1-19(2)29(22-10-24(11-22)38-20(3)42)41-15-32(16-41)8-9-40(14-32)30-31(39-37-18-36-30)43-27-7-6-23(33)12-25(27)26-13-34-17-35-28(26)21-4-5-21/h6-7,12-13,17-19,21-22,24,29H,4-5,8-11,14-16H2,1-3H3,(H,38,42)/t22?,24?,29-/m0/s1. The number of nitrogens with zero attached hydrogens (tertiary/aromatic N) is 7. The van der Waals surface area contributed by atoms with Crippen molar-refractivity contribution in [3.8, 4) is 22.8 Å². The molecule has 7 rings (SSSR count). The van der Waals surface area contributed by atoms with Crippen molar-refractivity contribution in [2.45, 2.75) is 70.9 Å². The quantitative estimate of drug-likeness (QED) is 0.385. The van der Waals surface area contributed by atoms with E-state index in [1.807, 2.05) is 0 Å². The number of carbonyl (C=O) groups is 1. The average Bonchev–Trinajstić information content (AvgIpc) is 3.70. The van der Waals surface area contributed by atoms with Crippen molar-refractivity contribution in [1.29, 1.82) is 0 Å². The highest BCUT2D eigenvalue weighted by molar-refractivity contribution is 5.74. The second-order valence-electron chi connectivity index (χ2n) is 13.4. The van der Waals surface area contributed by atoms with Gasteiger partial charge in [0.1, 0.15) is 24.2 Å². The zero-order valence-corrected chi connectivity index (χ0v) is 25.0. The van der Waals surface area contributed by atoms with Crippen LogP contribution in [0, 0.1) is 23.1 Å². The molecular formula is C32H39FN8O2. The number of hydrogen-bond acceptors (Lipinski definition) is 9. The first kappa shape index (κ1) is 28.1. The summed E-state index contributed by atoms with van der Waals surface area (Å²) in [6.45, 7) is 10.1. The predicted molar refractivity (Wildman–Crippen MR) is 159 cm³/mol. The Morgan fingerprint density at radius 1 is 1.12 bits per heavy atom. The van der Waals surface area contributed by atoms with E-state index in [0.29, 0.717) is 52.8 Å². The van der Waals surface area contributed by atoms with E-state index in [9.17, 15) is 9.18 Å². The molecule has 1 atom stereocenters. The van der Waals surface area contributed by atoms with Crippen LogP contribution in [0.3, 0.4) is 0 Å². The smallest absolute Gasteiger partial charge is 0.282 e. The monoisotopic (exact) mass is 586 g/mol. The minimum Gasteiger partial charge on any atom is -0.434 e. The lowest BCUT2D eigenvalue weighted by Crippen LogP contribution is -2.65. The van der Waals surface area contributed by atoms with Crippen molar-refractivity contribution in [1.82, 2.24) is 35.4 Å². The summed E-state index contributed by atoms with van der Waals surface area (Å²) in [4.78, 5) is 29.7. The van der Waals surface area contributed by atoms with Crippen molar-refractivity contribution in [2.24, 2.45) is 17.3 Å². The van der Waals surface area contributed by atoms with Crippen LogP contribution in [0.25, 0.3) is 11.1 Å². The van der Waals surface area contributed by atoms with E-state index in [1.54, 1.807) is 25.5 Å². The maximum Gasteiger partial charge on any atom is 0.282 e. The highest BCUT2D eigenvalue weighted by Crippen LogP contribution is 2.48. The van der Waals surface area contributed by atoms with Gasteiger partial charge in [0, 0.05) is 73.8 Å². The predicted octanol–water partition coefficient (Wildman–Crippen LogP) is 4.59. The molecule has 2 saturated carbocycles. The number of rotatable bonds is 9. The van der Waals surface area contributed by atoms with E-state index < -0.39 is 0 Å². The minimum atomic E-state index is -0.353. The topological polar surface area (TPSA) is 109 Å². The first-order chi connectivity index (χ1) is 20.8. The van der Waals surface area contributed by atoms with Crippen molar-refractivity contribution >= 4 is 11.7 Å². The van der Waals surface area contributed by atoms with Crippen LogP contribution in [0.15, 0.2) is 37.1 Å². The van der Waals surface area contributed by atoms with Gasteiger partial charge in [0.25, 0.3) is 5.88 Å². The van der Waals surface area contributed by atoms with Crippen LogP contribution in [-0.2, 0) is 4.79 Å². The molecule has 3 aromatic rings. The van der Waals surface area contributed by atoms with Gasteiger partial charge in [-0.25, -0.2) is 19.3 Å². The largest absolute Gasteiger partial charge is 0.434 e. The average molecular weight is 587 g/mol. The van der Waals surface area contributed by atoms with E-state index in [0.717, 1.165) is 69.5 Å². The van der Waals surface area contributed by atoms with Gasteiger partial charge >= 0.3 is 0 Å². The Morgan fingerprint density at radius 3 is 2.67 bits per heavy atom. The summed E-state index contributed by atoms with van der Waals surface area (Å²) >= 11 is 0. The molecule has 0 bridgehead atoms. The molecule has 1 amide bonds. The van der Waals surface area contributed by atoms with Crippen LogP contribution in [0.5, 0.6) is 11.6 Å². The van der Waals surface area contributed by atoms with E-state index in [4.69, 9.17) is 4.74 Å². The van der Waals surface area contributed by atoms with Gasteiger partial charge < -0.3 is 15.0 Å². The molecule has 4 fully saturated rings. The van der Waals surface area contributed by atoms with E-state index >= 15 is 0 Å². The molecule has 4 heterocycles. The molecule has 2 aliphatic carbocycles. The summed E-state index contributed by atoms with van der Waals surface area (Å²) in [5, 5.41) is 11.4. The molecule has 2 aromatic heterocycles. The zero-order chi connectivity index (χ0) is 29.7. The van der Waals surface area contributed by atoms with Gasteiger partial charge in [0.05, 0.1) is 5.69 Å². The maximum atomic E-state index is 14.5. The van der Waals surface area contributed by atoms with E-state index in [1.165, 1.54) is 18.5 Å². The number of carbonyl (C=O) groups excluding carboxylic acids is 1. The molecule has 10 nitrogen and oxygen atoms in total. The lowest BCUT2D eigenvalue weighted by Gasteiger charge is -2.57. The number of likely N-dealkylation sites (tertiary alicyclic amines) is 1. The second kappa shape index (κ2) is 11.1. The van der Waals surface area contributed by atoms with Crippen LogP contribution in [-0.4, -0.2) is 74.2 Å². The number of amides is 1. The number of aromatic nitrogens is 5. The molecule has 1 spiro atoms. The lowest BCUT2D eigenvalue weighted by atomic mass is 9.68. The molecule has 4 aliphatic rings. The number of ether oxygens (including phenoxy) is 1. The number of nitrogens with one attached hydrogen (secondary N) is 1. The van der Waals surface area contributed by atoms with Gasteiger partial charge in [0.15, 0.2) is 5.82 Å². The fourth-order valence-electron chi connectivity index (χ4n) is 7.69. The molecule has 0 unspecified atom stereocenters. The van der Waals surface area contributed by atoms with Crippen LogP contribution in [0.4, 0.5) is 10.2 Å². The summed E-state index contributed by atoms with van der Waals surface area (Å²) in [5.74, 6) is 2.70. The highest BCUT2D eigenvalue weighted by Gasteiger charge is 2.53. The molecule has 226 valence electrons. The fourth-order valence-corrected chi connectivity index (χ4v) is 7.69. The molecule has 2 aliphatic heterocycles. The lowest BCUT2D eigenvalue weighted by molar-refractivity contribution is -0.121. The van der Waals surface area contributed by atoms with Gasteiger partial charge in [0.2, 0.25) is 5.91 Å². The maximum absolute atomic E-state index is 14.5. The van der Waals surface area contributed by atoms with E-state index in [2.05, 4.69) is 54.1 Å². The Balaban J connectivity index is 1.06. The normalized spacial score (nSPS) is 23.6. The first-order valence-corrected chi connectivity index (χ1v) is 15.5. The Bertz CT molecular complexity index is 1500. The summed E-state index contributed by atoms with van der Waals surface area (Å²) in [6, 6.07) is 5.35. The third-order valence-corrected chi connectivity index (χ3v) is 9.70. The number of halogens is 1. The van der Waals surface area contributed by atoms with Gasteiger partial charge in [-0.15, -0.1) is 10.2 Å². The molecule has 0 radical (unpaired) electrons. The summed E-state index contributed by atoms with van der Waals surface area (Å²) in [5.41, 5.74) is 2.51. The Morgan fingerprint density at radius 2 is 1.93 bits per heavy atom. The Kier molecular flexibility index (Phi) is 7.23. The molecule has 11 heteroatoms. The van der Waals surface area contributed by atoms with Crippen LogP contribution in [0.1, 0.15) is 64.5 Å². The van der Waals surface area contributed by atoms with Crippen molar-refractivity contribution < 1.29 is 13.9 Å². The number of hydrogen-bond donors (Lipinski definition) is 1. The third-order valence-electron chi connectivity index (χ3n) is 9.70. The van der Waals surface area contributed by atoms with Gasteiger partial charge in [-0.2, -0.15) is 0 Å². The van der Waals surface area contributed by atoms with Crippen molar-refractivity contribution in [2.75, 3.05) is 31.1 Å². The first-order valence-electron chi connectivity index (χ1n) is 15.5. The summed E-state index contributed by atoms with van der Waals surface area (Å²) in [6.07, 6.45) is 10.1. The molecular weight excluding hydrogens is 547 g/mol. The molecule has 1 aromatic carbocycles. The van der Waals surface area contributed by atoms with Crippen LogP contribution >= 0.6 is 0 Å². The van der Waals surface area contributed by atoms with Gasteiger partial charge in [-0.3, -0.25) is 9.69 Å². The molecule has 1 N–H and O–H groups in total. The van der Waals surface area contributed by atoms with Gasteiger partial charge in [-0.1, -0.05) is 13.8 Å². The zero-order valence-electron chi connectivity index (χ0n) is 25.0. The molecule has 43 heavy (non-hydrogen) atoms. The second-order valence-corrected chi connectivity index (χ2v) is 13.4. The number of benzene rings is 1. The van der Waals surface area contributed by atoms with Crippen molar-refractivity contribution in [3.63, 3.8) is 0 Å².